The van der Waals surface area contributed by atoms with Gasteiger partial charge in [-0.15, -0.1) is 11.3 Å². The largest absolute Gasteiger partial charge is 0.489 e. The van der Waals surface area contributed by atoms with Crippen molar-refractivity contribution in [3.05, 3.63) is 42.7 Å². The normalized spacial score (nSPS) is 12.5. The van der Waals surface area contributed by atoms with Gasteiger partial charge in [-0.2, -0.15) is 0 Å². The van der Waals surface area contributed by atoms with Gasteiger partial charge in [0.25, 0.3) is 0 Å². The van der Waals surface area contributed by atoms with Gasteiger partial charge in [0.05, 0.1) is 10.8 Å². The van der Waals surface area contributed by atoms with E-state index in [9.17, 15) is 5.11 Å². The first kappa shape index (κ1) is 13.0. The molecule has 3 aromatic rings. The molecule has 0 amide bonds. The third-order valence-corrected chi connectivity index (χ3v) is 3.84. The molecule has 0 radical (unpaired) electrons. The average molecular weight is 286 g/mol. The topological polar surface area (TPSA) is 55.2 Å². The summed E-state index contributed by atoms with van der Waals surface area (Å²) in [6.45, 7) is 1.96. The molecule has 5 heteroatoms. The Morgan fingerprint density at radius 3 is 2.95 bits per heavy atom. The lowest BCUT2D eigenvalue weighted by atomic mass is 10.3. The molecular weight excluding hydrogens is 272 g/mol. The number of benzene rings is 1. The zero-order valence-electron chi connectivity index (χ0n) is 11.0. The van der Waals surface area contributed by atoms with E-state index in [1.54, 1.807) is 30.7 Å². The summed E-state index contributed by atoms with van der Waals surface area (Å²) in [5.41, 5.74) is 1.83. The summed E-state index contributed by atoms with van der Waals surface area (Å²) < 4.78 is 6.67. The Balaban J connectivity index is 2.00. The minimum Gasteiger partial charge on any atom is -0.489 e. The molecule has 1 atom stereocenters. The second-order valence-corrected chi connectivity index (χ2v) is 5.55. The Hall–Kier alpha value is -1.98. The molecule has 1 N–H and O–H groups in total. The molecule has 0 bridgehead atoms. The van der Waals surface area contributed by atoms with Gasteiger partial charge < -0.3 is 9.84 Å². The Kier molecular flexibility index (Phi) is 3.62. The van der Waals surface area contributed by atoms with Crippen molar-refractivity contribution in [1.82, 2.24) is 9.97 Å². The number of aliphatic hydroxyl groups excluding tert-OH is 1. The van der Waals surface area contributed by atoms with Crippen LogP contribution in [0.4, 0.5) is 0 Å². The van der Waals surface area contributed by atoms with Crippen molar-refractivity contribution in [2.45, 2.75) is 13.0 Å². The lowest BCUT2D eigenvalue weighted by Gasteiger charge is -2.07. The first-order valence-electron chi connectivity index (χ1n) is 6.35. The first-order chi connectivity index (χ1) is 9.74. The Morgan fingerprint density at radius 1 is 1.30 bits per heavy atom. The second kappa shape index (κ2) is 5.56. The smallest absolute Gasteiger partial charge is 0.146 e. The van der Waals surface area contributed by atoms with E-state index in [1.165, 1.54) is 0 Å². The second-order valence-electron chi connectivity index (χ2n) is 4.52. The van der Waals surface area contributed by atoms with Gasteiger partial charge in [0.1, 0.15) is 22.9 Å². The number of fused-ring (bicyclic) bond motifs is 1. The molecule has 0 aliphatic heterocycles. The molecule has 1 aromatic carbocycles. The third-order valence-electron chi connectivity index (χ3n) is 2.77. The number of aromatic nitrogens is 2. The Morgan fingerprint density at radius 2 is 2.20 bits per heavy atom. The zero-order valence-corrected chi connectivity index (χ0v) is 11.8. The summed E-state index contributed by atoms with van der Waals surface area (Å²) in [4.78, 5) is 8.75. The van der Waals surface area contributed by atoms with E-state index in [4.69, 9.17) is 4.74 Å². The van der Waals surface area contributed by atoms with Crippen LogP contribution in [-0.4, -0.2) is 27.8 Å². The quantitative estimate of drug-likeness (QED) is 0.800. The fourth-order valence-corrected chi connectivity index (χ4v) is 2.84. The molecule has 3 rings (SSSR count). The SMILES string of the molecule is CC(O)COc1cccc2sc(-c3cccnc3)nc12. The first-order valence-corrected chi connectivity index (χ1v) is 7.16. The van der Waals surface area contributed by atoms with Gasteiger partial charge in [0.15, 0.2) is 0 Å². The number of para-hydroxylation sites is 1. The average Bonchev–Trinajstić information content (AvgIpc) is 2.90. The van der Waals surface area contributed by atoms with Crippen molar-refractivity contribution >= 4 is 21.6 Å². The number of hydrogen-bond acceptors (Lipinski definition) is 5. The molecular formula is C15H14N2O2S. The van der Waals surface area contributed by atoms with Crippen LogP contribution in [0.15, 0.2) is 42.7 Å². The lowest BCUT2D eigenvalue weighted by molar-refractivity contribution is 0.123. The van der Waals surface area contributed by atoms with Crippen LogP contribution >= 0.6 is 11.3 Å². The van der Waals surface area contributed by atoms with Gasteiger partial charge in [-0.3, -0.25) is 4.98 Å². The fourth-order valence-electron chi connectivity index (χ4n) is 1.86. The predicted molar refractivity (Wildman–Crippen MR) is 80.0 cm³/mol. The van der Waals surface area contributed by atoms with Crippen molar-refractivity contribution in [2.75, 3.05) is 6.61 Å². The highest BCUT2D eigenvalue weighted by Gasteiger charge is 2.11. The summed E-state index contributed by atoms with van der Waals surface area (Å²) >= 11 is 1.61. The molecule has 4 nitrogen and oxygen atoms in total. The van der Waals surface area contributed by atoms with E-state index in [2.05, 4.69) is 9.97 Å². The van der Waals surface area contributed by atoms with Crippen LogP contribution in [0.1, 0.15) is 6.92 Å². The predicted octanol–water partition coefficient (Wildman–Crippen LogP) is 3.12. The molecule has 2 heterocycles. The van der Waals surface area contributed by atoms with Gasteiger partial charge in [0.2, 0.25) is 0 Å². The molecule has 102 valence electrons. The molecule has 1 unspecified atom stereocenters. The molecule has 0 aliphatic rings. The van der Waals surface area contributed by atoms with E-state index in [-0.39, 0.29) is 6.61 Å². The van der Waals surface area contributed by atoms with E-state index >= 15 is 0 Å². The molecule has 0 saturated heterocycles. The van der Waals surface area contributed by atoms with Gasteiger partial charge >= 0.3 is 0 Å². The standard InChI is InChI=1S/C15H14N2O2S/c1-10(18)9-19-12-5-2-6-13-14(12)17-15(20-13)11-4-3-7-16-8-11/h2-8,10,18H,9H2,1H3. The van der Waals surface area contributed by atoms with E-state index < -0.39 is 6.10 Å². The monoisotopic (exact) mass is 286 g/mol. The molecule has 0 spiro atoms. The number of pyridine rings is 1. The minimum absolute atomic E-state index is 0.263. The zero-order chi connectivity index (χ0) is 13.9. The van der Waals surface area contributed by atoms with Crippen molar-refractivity contribution in [1.29, 1.82) is 0 Å². The number of aliphatic hydroxyl groups is 1. The summed E-state index contributed by atoms with van der Waals surface area (Å²) in [7, 11) is 0. The number of hydrogen-bond donors (Lipinski definition) is 1. The maximum absolute atomic E-state index is 9.32. The van der Waals surface area contributed by atoms with Crippen molar-refractivity contribution in [3.8, 4) is 16.3 Å². The number of rotatable bonds is 4. The maximum atomic E-state index is 9.32. The molecule has 0 saturated carbocycles. The van der Waals surface area contributed by atoms with Gasteiger partial charge in [-0.25, -0.2) is 4.98 Å². The third kappa shape index (κ3) is 2.64. The van der Waals surface area contributed by atoms with Crippen LogP contribution in [0, 0.1) is 0 Å². The Labute approximate surface area is 120 Å². The van der Waals surface area contributed by atoms with Crippen LogP contribution in [0.25, 0.3) is 20.8 Å². The van der Waals surface area contributed by atoms with Gasteiger partial charge in [0, 0.05) is 18.0 Å². The minimum atomic E-state index is -0.498. The van der Waals surface area contributed by atoms with Crippen molar-refractivity contribution in [2.24, 2.45) is 0 Å². The summed E-state index contributed by atoms with van der Waals surface area (Å²) in [6, 6.07) is 9.71. The summed E-state index contributed by atoms with van der Waals surface area (Å²) in [5.74, 6) is 0.704. The number of nitrogens with zero attached hydrogens (tertiary/aromatic N) is 2. The summed E-state index contributed by atoms with van der Waals surface area (Å²) in [6.07, 6.45) is 3.05. The van der Waals surface area contributed by atoms with Crippen molar-refractivity contribution < 1.29 is 9.84 Å². The maximum Gasteiger partial charge on any atom is 0.146 e. The number of ether oxygens (including phenoxy) is 1. The lowest BCUT2D eigenvalue weighted by Crippen LogP contribution is -2.12. The van der Waals surface area contributed by atoms with Crippen LogP contribution in [-0.2, 0) is 0 Å². The van der Waals surface area contributed by atoms with E-state index in [1.807, 2.05) is 30.3 Å². The highest BCUT2D eigenvalue weighted by atomic mass is 32.1. The summed E-state index contributed by atoms with van der Waals surface area (Å²) in [5, 5.41) is 10.2. The molecule has 0 fully saturated rings. The highest BCUT2D eigenvalue weighted by Crippen LogP contribution is 2.34. The molecule has 2 aromatic heterocycles. The van der Waals surface area contributed by atoms with Crippen LogP contribution in [0.5, 0.6) is 5.75 Å². The molecule has 20 heavy (non-hydrogen) atoms. The van der Waals surface area contributed by atoms with Crippen molar-refractivity contribution in [3.63, 3.8) is 0 Å². The number of thiazole rings is 1. The van der Waals surface area contributed by atoms with Crippen LogP contribution in [0.3, 0.4) is 0 Å². The van der Waals surface area contributed by atoms with Crippen LogP contribution in [0.2, 0.25) is 0 Å². The molecule has 0 aliphatic carbocycles. The van der Waals surface area contributed by atoms with Gasteiger partial charge in [-0.1, -0.05) is 6.07 Å². The van der Waals surface area contributed by atoms with Gasteiger partial charge in [-0.05, 0) is 31.2 Å². The van der Waals surface area contributed by atoms with E-state index in [0.29, 0.717) is 5.75 Å². The highest BCUT2D eigenvalue weighted by molar-refractivity contribution is 7.21. The fraction of sp³-hybridized carbons (Fsp3) is 0.200. The Bertz CT molecular complexity index is 710. The van der Waals surface area contributed by atoms with E-state index in [0.717, 1.165) is 20.8 Å². The van der Waals surface area contributed by atoms with Crippen LogP contribution < -0.4 is 4.74 Å².